The van der Waals surface area contributed by atoms with Gasteiger partial charge in [-0.1, -0.05) is 35.9 Å². The van der Waals surface area contributed by atoms with E-state index in [1.165, 1.54) is 6.07 Å². The Hall–Kier alpha value is -3.53. The summed E-state index contributed by atoms with van der Waals surface area (Å²) in [5, 5.41) is 10.1. The Kier molecular flexibility index (Phi) is 10.0. The van der Waals surface area contributed by atoms with E-state index < -0.39 is 11.9 Å². The number of aliphatic hydroxyl groups is 1. The fraction of sp³-hybridized carbons (Fsp3) is 0.406. The highest BCUT2D eigenvalue weighted by molar-refractivity contribution is 6.30. The van der Waals surface area contributed by atoms with Crippen LogP contribution in [-0.4, -0.2) is 69.8 Å². The summed E-state index contributed by atoms with van der Waals surface area (Å²) in [5.74, 6) is 1.51. The molecule has 0 bridgehead atoms. The fourth-order valence-electron chi connectivity index (χ4n) is 5.50. The van der Waals surface area contributed by atoms with Gasteiger partial charge in [-0.2, -0.15) is 0 Å². The number of imidazole rings is 1. The number of piperidine rings is 1. The highest BCUT2D eigenvalue weighted by Crippen LogP contribution is 2.23. The van der Waals surface area contributed by atoms with Crippen molar-refractivity contribution in [2.45, 2.75) is 51.4 Å². The predicted octanol–water partition coefficient (Wildman–Crippen LogP) is 5.41. The van der Waals surface area contributed by atoms with Gasteiger partial charge in [0, 0.05) is 23.7 Å². The summed E-state index contributed by atoms with van der Waals surface area (Å²) >= 11 is 5.80. The summed E-state index contributed by atoms with van der Waals surface area (Å²) < 4.78 is 19.5. The van der Waals surface area contributed by atoms with Gasteiger partial charge in [-0.3, -0.25) is 9.69 Å². The standard InChI is InChI=1S/C32H37ClFN5O3/c1-35-31(42-21-24-7-8-25(33)18-27(24)34)5-3-2-4-22-10-13-38(14-11-22)20-30-36-28-9-6-23(16-29(28)37-30)17-32(41)39-15-12-26(40)19-39/h2-3,5-9,16,18,22,26,40H,1,4,10-15,17,19-21H2,(H,36,37)/b3-2-,31-5+/t26-/m1/s1. The maximum absolute atomic E-state index is 14.0. The minimum Gasteiger partial charge on any atom is -0.473 e. The van der Waals surface area contributed by atoms with E-state index in [4.69, 9.17) is 21.3 Å². The van der Waals surface area contributed by atoms with Crippen LogP contribution in [0.15, 0.2) is 65.5 Å². The normalized spacial score (nSPS) is 18.8. The van der Waals surface area contributed by atoms with Gasteiger partial charge >= 0.3 is 0 Å². The maximum atomic E-state index is 14.0. The van der Waals surface area contributed by atoms with Gasteiger partial charge in [0.25, 0.3) is 0 Å². The quantitative estimate of drug-likeness (QED) is 0.176. The molecule has 2 aromatic carbocycles. The van der Waals surface area contributed by atoms with Crippen molar-refractivity contribution in [1.29, 1.82) is 0 Å². The Morgan fingerprint density at radius 1 is 1.21 bits per heavy atom. The summed E-state index contributed by atoms with van der Waals surface area (Å²) in [4.78, 5) is 28.8. The number of halogens is 2. The number of rotatable bonds is 11. The molecule has 10 heteroatoms. The van der Waals surface area contributed by atoms with Gasteiger partial charge in [0.2, 0.25) is 11.8 Å². The third-order valence-corrected chi connectivity index (χ3v) is 8.17. The minimum atomic E-state index is -0.411. The summed E-state index contributed by atoms with van der Waals surface area (Å²) in [6.07, 6.45) is 9.52. The number of aromatic amines is 1. The molecular formula is C32H37ClFN5O3. The zero-order valence-electron chi connectivity index (χ0n) is 23.6. The summed E-state index contributed by atoms with van der Waals surface area (Å²) in [7, 11) is 0. The SMILES string of the molecule is C=N/C(=C\C=C/CC1CCN(Cc2nc3ccc(CC(=O)N4CC[C@@H](O)C4)cc3[nH]2)CC1)OCc1ccc(Cl)cc1F. The number of likely N-dealkylation sites (tertiary alicyclic amines) is 2. The van der Waals surface area contributed by atoms with E-state index in [0.717, 1.165) is 61.3 Å². The number of nitrogens with zero attached hydrogens (tertiary/aromatic N) is 4. The van der Waals surface area contributed by atoms with E-state index in [-0.39, 0.29) is 12.5 Å². The molecule has 0 radical (unpaired) electrons. The van der Waals surface area contributed by atoms with E-state index in [1.54, 1.807) is 23.1 Å². The number of aromatic nitrogens is 2. The maximum Gasteiger partial charge on any atom is 0.227 e. The molecule has 2 N–H and O–H groups in total. The number of carbonyl (C=O) groups excluding carboxylic acids is 1. The first-order chi connectivity index (χ1) is 20.4. The molecule has 1 atom stereocenters. The molecule has 0 unspecified atom stereocenters. The lowest BCUT2D eigenvalue weighted by molar-refractivity contribution is -0.129. The molecule has 2 fully saturated rings. The van der Waals surface area contributed by atoms with Crippen molar-refractivity contribution in [2.75, 3.05) is 26.2 Å². The number of amides is 1. The molecule has 1 amide bonds. The number of hydrogen-bond donors (Lipinski definition) is 2. The number of carbonyl (C=O) groups is 1. The van der Waals surface area contributed by atoms with Crippen LogP contribution in [0.2, 0.25) is 5.02 Å². The van der Waals surface area contributed by atoms with Crippen LogP contribution in [0.5, 0.6) is 0 Å². The average molecular weight is 594 g/mol. The Bertz CT molecular complexity index is 1460. The number of β-amino-alcohol motifs (C(OH)–C–C–N with tert-alkyl or cyclic N) is 1. The second kappa shape index (κ2) is 14.1. The number of benzene rings is 2. The number of aliphatic imine (C=N–C) groups is 1. The summed E-state index contributed by atoms with van der Waals surface area (Å²) in [6.45, 7) is 7.41. The average Bonchev–Trinajstić information content (AvgIpc) is 3.59. The lowest BCUT2D eigenvalue weighted by Crippen LogP contribution is -2.33. The number of fused-ring (bicyclic) bond motifs is 1. The highest BCUT2D eigenvalue weighted by Gasteiger charge is 2.24. The van der Waals surface area contributed by atoms with E-state index in [2.05, 4.69) is 27.7 Å². The molecule has 3 aromatic rings. The molecule has 2 aliphatic heterocycles. The summed E-state index contributed by atoms with van der Waals surface area (Å²) in [6, 6.07) is 10.4. The predicted molar refractivity (Wildman–Crippen MR) is 163 cm³/mol. The first-order valence-electron chi connectivity index (χ1n) is 14.4. The molecular weight excluding hydrogens is 557 g/mol. The summed E-state index contributed by atoms with van der Waals surface area (Å²) in [5.41, 5.74) is 3.21. The number of H-pyrrole nitrogens is 1. The van der Waals surface area contributed by atoms with E-state index in [1.807, 2.05) is 24.3 Å². The molecule has 0 spiro atoms. The van der Waals surface area contributed by atoms with Crippen LogP contribution in [0.3, 0.4) is 0 Å². The Balaban J connectivity index is 1.05. The largest absolute Gasteiger partial charge is 0.473 e. The molecule has 42 heavy (non-hydrogen) atoms. The van der Waals surface area contributed by atoms with Crippen LogP contribution < -0.4 is 0 Å². The van der Waals surface area contributed by atoms with Crippen molar-refractivity contribution in [2.24, 2.45) is 10.9 Å². The van der Waals surface area contributed by atoms with Gasteiger partial charge in [-0.25, -0.2) is 14.4 Å². The van der Waals surface area contributed by atoms with Crippen LogP contribution in [0.1, 0.15) is 42.6 Å². The van der Waals surface area contributed by atoms with Gasteiger partial charge < -0.3 is 19.7 Å². The number of aliphatic hydroxyl groups excluding tert-OH is 1. The smallest absolute Gasteiger partial charge is 0.227 e. The molecule has 1 aromatic heterocycles. The van der Waals surface area contributed by atoms with Gasteiger partial charge in [0.1, 0.15) is 18.2 Å². The van der Waals surface area contributed by atoms with Crippen molar-refractivity contribution in [1.82, 2.24) is 19.8 Å². The number of nitrogens with one attached hydrogen (secondary N) is 1. The Morgan fingerprint density at radius 3 is 2.79 bits per heavy atom. The van der Waals surface area contributed by atoms with Crippen LogP contribution in [0.25, 0.3) is 11.0 Å². The van der Waals surface area contributed by atoms with Crippen LogP contribution in [0, 0.1) is 11.7 Å². The van der Waals surface area contributed by atoms with Crippen molar-refractivity contribution in [3.8, 4) is 0 Å². The van der Waals surface area contributed by atoms with Crippen LogP contribution in [-0.2, 0) is 29.1 Å². The van der Waals surface area contributed by atoms with Crippen molar-refractivity contribution in [3.05, 3.63) is 88.3 Å². The molecule has 0 saturated carbocycles. The fourth-order valence-corrected chi connectivity index (χ4v) is 5.66. The molecule has 2 saturated heterocycles. The van der Waals surface area contributed by atoms with Crippen molar-refractivity contribution in [3.63, 3.8) is 0 Å². The lowest BCUT2D eigenvalue weighted by Gasteiger charge is -2.30. The highest BCUT2D eigenvalue weighted by atomic mass is 35.5. The number of allylic oxidation sites excluding steroid dienone is 3. The first kappa shape index (κ1) is 29.9. The van der Waals surface area contributed by atoms with E-state index >= 15 is 0 Å². The van der Waals surface area contributed by atoms with E-state index in [0.29, 0.717) is 48.3 Å². The first-order valence-corrected chi connectivity index (χ1v) is 14.8. The van der Waals surface area contributed by atoms with Gasteiger partial charge in [-0.15, -0.1) is 0 Å². The van der Waals surface area contributed by atoms with E-state index in [9.17, 15) is 14.3 Å². The molecule has 3 heterocycles. The Labute approximate surface area is 250 Å². The molecule has 5 rings (SSSR count). The molecule has 8 nitrogen and oxygen atoms in total. The van der Waals surface area contributed by atoms with Crippen LogP contribution >= 0.6 is 11.6 Å². The molecule has 222 valence electrons. The molecule has 0 aliphatic carbocycles. The number of ether oxygens (including phenoxy) is 1. The topological polar surface area (TPSA) is 94.0 Å². The van der Waals surface area contributed by atoms with Gasteiger partial charge in [0.05, 0.1) is 30.1 Å². The van der Waals surface area contributed by atoms with Gasteiger partial charge in [-0.05, 0) is 87.3 Å². The third-order valence-electron chi connectivity index (χ3n) is 7.94. The van der Waals surface area contributed by atoms with Crippen LogP contribution in [0.4, 0.5) is 4.39 Å². The van der Waals surface area contributed by atoms with Crippen molar-refractivity contribution >= 4 is 35.3 Å². The zero-order chi connectivity index (χ0) is 29.5. The second-order valence-electron chi connectivity index (χ2n) is 11.1. The zero-order valence-corrected chi connectivity index (χ0v) is 24.4. The third kappa shape index (κ3) is 8.06. The second-order valence-corrected chi connectivity index (χ2v) is 11.5. The number of hydrogen-bond acceptors (Lipinski definition) is 6. The molecule has 2 aliphatic rings. The van der Waals surface area contributed by atoms with Crippen molar-refractivity contribution < 1.29 is 19.0 Å². The minimum absolute atomic E-state index is 0.0522. The monoisotopic (exact) mass is 593 g/mol. The van der Waals surface area contributed by atoms with Gasteiger partial charge in [0.15, 0.2) is 0 Å². The lowest BCUT2D eigenvalue weighted by atomic mass is 9.93. The Morgan fingerprint density at radius 2 is 2.05 bits per heavy atom.